The highest BCUT2D eigenvalue weighted by Gasteiger charge is 2.28. The van der Waals surface area contributed by atoms with Crippen LogP contribution in [0.1, 0.15) is 66.7 Å². The monoisotopic (exact) mass is 628 g/mol. The molecule has 1 unspecified atom stereocenters. The Labute approximate surface area is 255 Å². The minimum atomic E-state index is -0.745. The van der Waals surface area contributed by atoms with Crippen LogP contribution in [0.5, 0.6) is 5.75 Å². The van der Waals surface area contributed by atoms with Crippen LogP contribution in [-0.4, -0.2) is 19.2 Å². The second-order valence-electron chi connectivity index (χ2n) is 11.3. The van der Waals surface area contributed by atoms with Gasteiger partial charge in [0.15, 0.2) is 6.10 Å². The van der Waals surface area contributed by atoms with Gasteiger partial charge in [-0.2, -0.15) is 0 Å². The summed E-state index contributed by atoms with van der Waals surface area (Å²) in [5, 5.41) is 3.73. The Morgan fingerprint density at radius 3 is 2.05 bits per heavy atom. The Morgan fingerprint density at radius 2 is 1.46 bits per heavy atom. The van der Waals surface area contributed by atoms with E-state index in [1.165, 1.54) is 49.5 Å². The molecule has 1 aromatic heterocycles. The maximum Gasteiger partial charge on any atom is 0.347 e. The van der Waals surface area contributed by atoms with Crippen molar-refractivity contribution in [1.29, 1.82) is 0 Å². The molecule has 0 bridgehead atoms. The van der Waals surface area contributed by atoms with Crippen molar-refractivity contribution in [3.8, 4) is 16.9 Å². The average molecular weight is 630 g/mol. The molecule has 3 nitrogen and oxygen atoms in total. The molecule has 0 aliphatic rings. The Kier molecular flexibility index (Phi) is 8.58. The van der Waals surface area contributed by atoms with Gasteiger partial charge < -0.3 is 9.47 Å². The molecular weight excluding hydrogens is 592 g/mol. The topological polar surface area (TPSA) is 35.5 Å². The van der Waals surface area contributed by atoms with Crippen molar-refractivity contribution in [2.75, 3.05) is 7.11 Å². The SMILES string of the molecule is COC(=O)C(Cc1ccccc1)Oc1c(C(C)C)cc(-c2c3ccccc3c(Br)c3sc(C)c(C)c23)cc1C(C)C. The molecule has 5 rings (SSSR count). The van der Waals surface area contributed by atoms with E-state index >= 15 is 0 Å². The number of hydrogen-bond donors (Lipinski definition) is 0. The van der Waals surface area contributed by atoms with Crippen LogP contribution >= 0.6 is 27.3 Å². The fourth-order valence-electron chi connectivity index (χ4n) is 5.62. The molecule has 1 heterocycles. The van der Waals surface area contributed by atoms with E-state index in [2.05, 4.69) is 93.9 Å². The molecule has 4 aromatic carbocycles. The number of halogens is 1. The average Bonchev–Trinajstić information content (AvgIpc) is 3.26. The summed E-state index contributed by atoms with van der Waals surface area (Å²) in [6.07, 6.45) is -0.305. The summed E-state index contributed by atoms with van der Waals surface area (Å²) in [6, 6.07) is 23.2. The summed E-state index contributed by atoms with van der Waals surface area (Å²) in [4.78, 5) is 14.3. The minimum Gasteiger partial charge on any atom is -0.478 e. The molecule has 0 aliphatic carbocycles. The number of methoxy groups -OCH3 is 1. The third-order valence-electron chi connectivity index (χ3n) is 7.93. The van der Waals surface area contributed by atoms with Gasteiger partial charge in [-0.15, -0.1) is 11.3 Å². The number of aryl methyl sites for hydroxylation is 2. The number of rotatable bonds is 8. The molecule has 41 heavy (non-hydrogen) atoms. The van der Waals surface area contributed by atoms with Gasteiger partial charge >= 0.3 is 5.97 Å². The summed E-state index contributed by atoms with van der Waals surface area (Å²) >= 11 is 5.79. The van der Waals surface area contributed by atoms with Gasteiger partial charge in [0.25, 0.3) is 0 Å². The van der Waals surface area contributed by atoms with Crippen molar-refractivity contribution >= 4 is 54.1 Å². The zero-order valence-electron chi connectivity index (χ0n) is 24.8. The fourth-order valence-corrected chi connectivity index (χ4v) is 7.52. The Hall–Kier alpha value is -3.15. The largest absolute Gasteiger partial charge is 0.478 e. The van der Waals surface area contributed by atoms with Gasteiger partial charge in [0.1, 0.15) is 5.75 Å². The third-order valence-corrected chi connectivity index (χ3v) is 10.2. The molecule has 0 saturated carbocycles. The van der Waals surface area contributed by atoms with Crippen molar-refractivity contribution in [2.24, 2.45) is 0 Å². The van der Waals surface area contributed by atoms with Crippen molar-refractivity contribution in [2.45, 2.75) is 65.9 Å². The normalized spacial score (nSPS) is 12.4. The molecule has 0 radical (unpaired) electrons. The molecular formula is C36H37BrO3S. The van der Waals surface area contributed by atoms with E-state index in [4.69, 9.17) is 9.47 Å². The van der Waals surface area contributed by atoms with Crippen molar-refractivity contribution in [3.05, 3.63) is 98.3 Å². The van der Waals surface area contributed by atoms with E-state index in [1.54, 1.807) is 0 Å². The van der Waals surface area contributed by atoms with Crippen LogP contribution < -0.4 is 4.74 Å². The van der Waals surface area contributed by atoms with Crippen LogP contribution in [0, 0.1) is 13.8 Å². The van der Waals surface area contributed by atoms with Crippen LogP contribution in [-0.2, 0) is 16.0 Å². The molecule has 1 atom stereocenters. The minimum absolute atomic E-state index is 0.181. The first kappa shape index (κ1) is 29.3. The zero-order valence-corrected chi connectivity index (χ0v) is 27.2. The van der Waals surface area contributed by atoms with E-state index < -0.39 is 6.10 Å². The van der Waals surface area contributed by atoms with Gasteiger partial charge in [0.05, 0.1) is 11.8 Å². The number of esters is 1. The Balaban J connectivity index is 1.76. The Morgan fingerprint density at radius 1 is 0.878 bits per heavy atom. The second kappa shape index (κ2) is 12.0. The van der Waals surface area contributed by atoms with Gasteiger partial charge in [-0.3, -0.25) is 0 Å². The number of thiophene rings is 1. The highest BCUT2D eigenvalue weighted by atomic mass is 79.9. The van der Waals surface area contributed by atoms with Crippen molar-refractivity contribution < 1.29 is 14.3 Å². The van der Waals surface area contributed by atoms with Gasteiger partial charge in [-0.25, -0.2) is 4.79 Å². The quantitative estimate of drug-likeness (QED) is 0.160. The Bertz CT molecular complexity index is 1700. The van der Waals surface area contributed by atoms with Gasteiger partial charge in [0.2, 0.25) is 0 Å². The lowest BCUT2D eigenvalue weighted by molar-refractivity contribution is -0.148. The summed E-state index contributed by atoms with van der Waals surface area (Å²) in [5.74, 6) is 0.785. The van der Waals surface area contributed by atoms with E-state index in [0.29, 0.717) is 6.42 Å². The maximum atomic E-state index is 13.0. The second-order valence-corrected chi connectivity index (χ2v) is 13.4. The molecule has 5 aromatic rings. The summed E-state index contributed by atoms with van der Waals surface area (Å²) in [7, 11) is 1.43. The van der Waals surface area contributed by atoms with Crippen LogP contribution in [0.2, 0.25) is 0 Å². The van der Waals surface area contributed by atoms with Crippen LogP contribution in [0.3, 0.4) is 0 Å². The first-order chi connectivity index (χ1) is 19.6. The molecule has 0 N–H and O–H groups in total. The molecule has 212 valence electrons. The highest BCUT2D eigenvalue weighted by molar-refractivity contribution is 9.11. The predicted molar refractivity (Wildman–Crippen MR) is 177 cm³/mol. The van der Waals surface area contributed by atoms with Gasteiger partial charge in [-0.1, -0.05) is 82.3 Å². The number of carbonyl (C=O) groups is 1. The van der Waals surface area contributed by atoms with Gasteiger partial charge in [0, 0.05) is 21.2 Å². The molecule has 0 saturated heterocycles. The van der Waals surface area contributed by atoms with Gasteiger partial charge in [-0.05, 0) is 97.9 Å². The van der Waals surface area contributed by atoms with E-state index in [-0.39, 0.29) is 17.8 Å². The first-order valence-corrected chi connectivity index (χ1v) is 15.8. The summed E-state index contributed by atoms with van der Waals surface area (Å²) in [5.41, 5.74) is 6.97. The van der Waals surface area contributed by atoms with E-state index in [9.17, 15) is 4.79 Å². The number of carbonyl (C=O) groups excluding carboxylic acids is 1. The summed E-state index contributed by atoms with van der Waals surface area (Å²) in [6.45, 7) is 13.2. The molecule has 5 heteroatoms. The lowest BCUT2D eigenvalue weighted by Crippen LogP contribution is -2.31. The number of fused-ring (bicyclic) bond motifs is 2. The standard InChI is InChI=1S/C36H37BrO3S/c1-20(2)28-18-25(32-26-15-11-12-16-27(26)33(37)35-31(32)22(5)23(6)41-35)19-29(21(3)4)34(28)40-30(36(38)39-7)17-24-13-9-8-10-14-24/h8-16,18-21,30H,17H2,1-7H3. The first-order valence-electron chi connectivity index (χ1n) is 14.2. The lowest BCUT2D eigenvalue weighted by Gasteiger charge is -2.26. The number of benzene rings is 4. The van der Waals surface area contributed by atoms with Crippen LogP contribution in [0.25, 0.3) is 32.0 Å². The number of hydrogen-bond acceptors (Lipinski definition) is 4. The third kappa shape index (κ3) is 5.54. The lowest BCUT2D eigenvalue weighted by atomic mass is 9.86. The molecule has 0 amide bonds. The smallest absolute Gasteiger partial charge is 0.347 e. The predicted octanol–water partition coefficient (Wildman–Crippen LogP) is 10.5. The fraction of sp³-hybridized carbons (Fsp3) is 0.306. The highest BCUT2D eigenvalue weighted by Crippen LogP contribution is 2.49. The zero-order chi connectivity index (χ0) is 29.4. The molecule has 0 spiro atoms. The van der Waals surface area contributed by atoms with Crippen molar-refractivity contribution in [3.63, 3.8) is 0 Å². The van der Waals surface area contributed by atoms with Crippen LogP contribution in [0.4, 0.5) is 0 Å². The molecule has 0 aliphatic heterocycles. The number of ether oxygens (including phenoxy) is 2. The maximum absolute atomic E-state index is 13.0. The molecule has 0 fully saturated rings. The van der Waals surface area contributed by atoms with Crippen LogP contribution in [0.15, 0.2) is 71.2 Å². The van der Waals surface area contributed by atoms with E-state index in [0.717, 1.165) is 26.9 Å². The summed E-state index contributed by atoms with van der Waals surface area (Å²) < 4.78 is 14.3. The van der Waals surface area contributed by atoms with E-state index in [1.807, 2.05) is 41.7 Å². The van der Waals surface area contributed by atoms with Crippen molar-refractivity contribution in [1.82, 2.24) is 0 Å².